The first kappa shape index (κ1) is 15.8. The largest absolute Gasteiger partial charge is 0.380 e. The van der Waals surface area contributed by atoms with E-state index in [1.54, 1.807) is 6.07 Å². The van der Waals surface area contributed by atoms with Gasteiger partial charge in [-0.05, 0) is 36.6 Å². The molecule has 0 aliphatic rings. The Morgan fingerprint density at radius 3 is 2.61 bits per heavy atom. The predicted octanol–water partition coefficient (Wildman–Crippen LogP) is 4.14. The van der Waals surface area contributed by atoms with Crippen molar-refractivity contribution in [2.45, 2.75) is 33.4 Å². The molecule has 0 heterocycles. The molecule has 0 aromatic heterocycles. The predicted molar refractivity (Wildman–Crippen MR) is 78.4 cm³/mol. The third-order valence-electron chi connectivity index (χ3n) is 2.87. The van der Waals surface area contributed by atoms with Gasteiger partial charge >= 0.3 is 0 Å². The topological polar surface area (TPSA) is 21.3 Å². The van der Waals surface area contributed by atoms with Crippen LogP contribution in [0.1, 0.15) is 26.3 Å². The zero-order valence-corrected chi connectivity index (χ0v) is 12.7. The average molecular weight is 290 g/mol. The van der Waals surface area contributed by atoms with Gasteiger partial charge < -0.3 is 10.1 Å². The highest BCUT2D eigenvalue weighted by atomic mass is 35.5. The monoisotopic (exact) mass is 289 g/mol. The summed E-state index contributed by atoms with van der Waals surface area (Å²) >= 11 is 12.1. The maximum absolute atomic E-state index is 6.13. The molecule has 1 N–H and O–H groups in total. The maximum Gasteiger partial charge on any atom is 0.0622 e. The van der Waals surface area contributed by atoms with E-state index in [9.17, 15) is 0 Å². The van der Waals surface area contributed by atoms with Gasteiger partial charge in [-0.15, -0.1) is 0 Å². The Morgan fingerprint density at radius 2 is 2.00 bits per heavy atom. The molecule has 0 spiro atoms. The Bertz CT molecular complexity index is 369. The normalized spacial score (nSPS) is 13.0. The fourth-order valence-corrected chi connectivity index (χ4v) is 2.03. The van der Waals surface area contributed by atoms with E-state index in [0.29, 0.717) is 30.1 Å². The zero-order valence-electron chi connectivity index (χ0n) is 11.2. The molecular formula is C14H21Cl2NO. The van der Waals surface area contributed by atoms with Crippen LogP contribution >= 0.6 is 23.2 Å². The highest BCUT2D eigenvalue weighted by molar-refractivity contribution is 6.33. The summed E-state index contributed by atoms with van der Waals surface area (Å²) in [6.07, 6.45) is 0. The highest BCUT2D eigenvalue weighted by Crippen LogP contribution is 2.20. The van der Waals surface area contributed by atoms with Crippen LogP contribution in [0.2, 0.25) is 10.0 Å². The summed E-state index contributed by atoms with van der Waals surface area (Å²) in [4.78, 5) is 0. The third kappa shape index (κ3) is 5.15. The zero-order chi connectivity index (χ0) is 13.5. The van der Waals surface area contributed by atoms with Gasteiger partial charge in [-0.2, -0.15) is 0 Å². The van der Waals surface area contributed by atoms with Crippen LogP contribution in [0.25, 0.3) is 0 Å². The number of benzene rings is 1. The van der Waals surface area contributed by atoms with E-state index in [-0.39, 0.29) is 0 Å². The molecule has 102 valence electrons. The minimum absolute atomic E-state index is 0.319. The molecule has 1 atom stereocenters. The molecular weight excluding hydrogens is 269 g/mol. The van der Waals surface area contributed by atoms with E-state index >= 15 is 0 Å². The molecule has 0 amide bonds. The summed E-state index contributed by atoms with van der Waals surface area (Å²) < 4.78 is 5.48. The van der Waals surface area contributed by atoms with E-state index < -0.39 is 0 Å². The quantitative estimate of drug-likeness (QED) is 0.814. The fourth-order valence-electron chi connectivity index (χ4n) is 1.65. The molecule has 1 aromatic rings. The lowest BCUT2D eigenvalue weighted by Gasteiger charge is -2.22. The summed E-state index contributed by atoms with van der Waals surface area (Å²) in [6, 6.07) is 5.84. The molecule has 4 heteroatoms. The lowest BCUT2D eigenvalue weighted by molar-refractivity contribution is 0.108. The van der Waals surface area contributed by atoms with Crippen LogP contribution in [0, 0.1) is 5.92 Å². The summed E-state index contributed by atoms with van der Waals surface area (Å²) in [5.41, 5.74) is 1.02. The van der Waals surface area contributed by atoms with Crippen LogP contribution in [0.15, 0.2) is 18.2 Å². The minimum Gasteiger partial charge on any atom is -0.380 e. The van der Waals surface area contributed by atoms with Crippen LogP contribution in [0.3, 0.4) is 0 Å². The molecule has 0 saturated carbocycles. The Hall–Kier alpha value is -0.280. The van der Waals surface area contributed by atoms with Gasteiger partial charge in [-0.25, -0.2) is 0 Å². The Kier molecular flexibility index (Phi) is 7.02. The van der Waals surface area contributed by atoms with Gasteiger partial charge in [0.25, 0.3) is 0 Å². The van der Waals surface area contributed by atoms with E-state index in [1.807, 2.05) is 19.1 Å². The molecule has 0 radical (unpaired) electrons. The second-order valence-corrected chi connectivity index (χ2v) is 5.47. The fraction of sp³-hybridized carbons (Fsp3) is 0.571. The Morgan fingerprint density at radius 1 is 1.28 bits per heavy atom. The lowest BCUT2D eigenvalue weighted by Crippen LogP contribution is -2.37. The molecule has 0 aliphatic carbocycles. The number of hydrogen-bond acceptors (Lipinski definition) is 2. The third-order valence-corrected chi connectivity index (χ3v) is 3.47. The molecule has 0 aliphatic heterocycles. The van der Waals surface area contributed by atoms with Crippen molar-refractivity contribution >= 4 is 23.2 Å². The van der Waals surface area contributed by atoms with E-state index in [1.165, 1.54) is 0 Å². The van der Waals surface area contributed by atoms with Gasteiger partial charge in [0.15, 0.2) is 0 Å². The average Bonchev–Trinajstić information content (AvgIpc) is 2.33. The van der Waals surface area contributed by atoms with Gasteiger partial charge in [0.1, 0.15) is 0 Å². The maximum atomic E-state index is 6.13. The van der Waals surface area contributed by atoms with Crippen molar-refractivity contribution in [2.75, 3.05) is 13.2 Å². The molecule has 0 fully saturated rings. The lowest BCUT2D eigenvalue weighted by atomic mass is 10.0. The van der Waals surface area contributed by atoms with Crippen molar-refractivity contribution in [1.29, 1.82) is 0 Å². The van der Waals surface area contributed by atoms with Gasteiger partial charge in [0, 0.05) is 29.2 Å². The van der Waals surface area contributed by atoms with E-state index in [0.717, 1.165) is 17.2 Å². The first-order valence-electron chi connectivity index (χ1n) is 6.29. The minimum atomic E-state index is 0.319. The summed E-state index contributed by atoms with van der Waals surface area (Å²) in [6.45, 7) is 8.52. The molecule has 1 aromatic carbocycles. The van der Waals surface area contributed by atoms with Crippen LogP contribution in [-0.2, 0) is 11.3 Å². The van der Waals surface area contributed by atoms with Crippen LogP contribution in [0.5, 0.6) is 0 Å². The standard InChI is InChI=1S/C14H21Cl2NO/c1-4-18-9-14(10(2)3)17-8-11-7-12(15)5-6-13(11)16/h5-7,10,14,17H,4,8-9H2,1-3H3. The van der Waals surface area contributed by atoms with Crippen molar-refractivity contribution in [3.8, 4) is 0 Å². The molecule has 2 nitrogen and oxygen atoms in total. The molecule has 1 unspecified atom stereocenters. The summed E-state index contributed by atoms with van der Waals surface area (Å²) in [7, 11) is 0. The number of hydrogen-bond donors (Lipinski definition) is 1. The smallest absolute Gasteiger partial charge is 0.0622 e. The number of rotatable bonds is 7. The SMILES string of the molecule is CCOCC(NCc1cc(Cl)ccc1Cl)C(C)C. The second kappa shape index (κ2) is 8.00. The number of halogens is 2. The first-order chi connectivity index (χ1) is 8.54. The van der Waals surface area contributed by atoms with E-state index in [2.05, 4.69) is 19.2 Å². The molecule has 18 heavy (non-hydrogen) atoms. The molecule has 1 rings (SSSR count). The number of ether oxygens (including phenoxy) is 1. The summed E-state index contributed by atoms with van der Waals surface area (Å²) in [5, 5.41) is 4.92. The highest BCUT2D eigenvalue weighted by Gasteiger charge is 2.13. The van der Waals surface area contributed by atoms with Crippen molar-refractivity contribution in [3.63, 3.8) is 0 Å². The van der Waals surface area contributed by atoms with Crippen molar-refractivity contribution in [3.05, 3.63) is 33.8 Å². The van der Waals surface area contributed by atoms with Crippen molar-refractivity contribution in [2.24, 2.45) is 5.92 Å². The first-order valence-corrected chi connectivity index (χ1v) is 7.05. The van der Waals surface area contributed by atoms with Gasteiger partial charge in [-0.3, -0.25) is 0 Å². The van der Waals surface area contributed by atoms with Crippen LogP contribution in [-0.4, -0.2) is 19.3 Å². The van der Waals surface area contributed by atoms with Gasteiger partial charge in [-0.1, -0.05) is 37.0 Å². The van der Waals surface area contributed by atoms with Crippen LogP contribution < -0.4 is 5.32 Å². The number of nitrogens with one attached hydrogen (secondary N) is 1. The second-order valence-electron chi connectivity index (χ2n) is 4.63. The van der Waals surface area contributed by atoms with Gasteiger partial charge in [0.05, 0.1) is 6.61 Å². The van der Waals surface area contributed by atoms with Crippen molar-refractivity contribution < 1.29 is 4.74 Å². The van der Waals surface area contributed by atoms with Crippen molar-refractivity contribution in [1.82, 2.24) is 5.32 Å². The Labute approximate surface area is 120 Å². The molecule has 0 bridgehead atoms. The summed E-state index contributed by atoms with van der Waals surface area (Å²) in [5.74, 6) is 0.509. The van der Waals surface area contributed by atoms with Crippen LogP contribution in [0.4, 0.5) is 0 Å². The van der Waals surface area contributed by atoms with E-state index in [4.69, 9.17) is 27.9 Å². The van der Waals surface area contributed by atoms with Gasteiger partial charge in [0.2, 0.25) is 0 Å². The Balaban J connectivity index is 2.58. The molecule has 0 saturated heterocycles.